The SMILES string of the molecule is CCC(C)(CCNC(=O)OC(C)(C)C)Nc1ccc(C)cc1. The van der Waals surface area contributed by atoms with Crippen molar-refractivity contribution < 1.29 is 9.53 Å². The van der Waals surface area contributed by atoms with Gasteiger partial charge in [0.05, 0.1) is 0 Å². The molecule has 22 heavy (non-hydrogen) atoms. The molecule has 0 bridgehead atoms. The number of nitrogens with one attached hydrogen (secondary N) is 2. The first-order valence-corrected chi connectivity index (χ1v) is 7.95. The molecule has 1 aromatic carbocycles. The van der Waals surface area contributed by atoms with Gasteiger partial charge in [-0.25, -0.2) is 4.79 Å². The molecule has 2 N–H and O–H groups in total. The minimum Gasteiger partial charge on any atom is -0.444 e. The Bertz CT molecular complexity index is 477. The van der Waals surface area contributed by atoms with Crippen LogP contribution in [0.1, 0.15) is 53.0 Å². The van der Waals surface area contributed by atoms with E-state index < -0.39 is 5.60 Å². The molecule has 0 aliphatic rings. The highest BCUT2D eigenvalue weighted by Crippen LogP contribution is 2.22. The summed E-state index contributed by atoms with van der Waals surface area (Å²) in [6, 6.07) is 8.36. The molecule has 1 unspecified atom stereocenters. The van der Waals surface area contributed by atoms with Crippen LogP contribution in [0.15, 0.2) is 24.3 Å². The van der Waals surface area contributed by atoms with E-state index in [0.717, 1.165) is 18.5 Å². The van der Waals surface area contributed by atoms with Crippen molar-refractivity contribution in [1.29, 1.82) is 0 Å². The van der Waals surface area contributed by atoms with Gasteiger partial charge in [-0.05, 0) is 59.6 Å². The average molecular weight is 306 g/mol. The van der Waals surface area contributed by atoms with Gasteiger partial charge in [-0.1, -0.05) is 24.6 Å². The summed E-state index contributed by atoms with van der Waals surface area (Å²) in [6.45, 7) is 12.6. The van der Waals surface area contributed by atoms with Gasteiger partial charge in [-0.2, -0.15) is 0 Å². The van der Waals surface area contributed by atoms with E-state index in [9.17, 15) is 4.79 Å². The second-order valence-electron chi connectivity index (χ2n) is 7.08. The van der Waals surface area contributed by atoms with E-state index in [4.69, 9.17) is 4.74 Å². The third-order valence-electron chi connectivity index (χ3n) is 3.62. The minimum atomic E-state index is -0.460. The lowest BCUT2D eigenvalue weighted by Gasteiger charge is -2.31. The van der Waals surface area contributed by atoms with E-state index in [1.165, 1.54) is 5.56 Å². The first-order valence-electron chi connectivity index (χ1n) is 7.95. The van der Waals surface area contributed by atoms with Gasteiger partial charge >= 0.3 is 6.09 Å². The fourth-order valence-electron chi connectivity index (χ4n) is 2.07. The first kappa shape index (κ1) is 18.3. The second kappa shape index (κ2) is 7.52. The van der Waals surface area contributed by atoms with Crippen LogP contribution >= 0.6 is 0 Å². The van der Waals surface area contributed by atoms with Gasteiger partial charge in [0.25, 0.3) is 0 Å². The number of aryl methyl sites for hydroxylation is 1. The van der Waals surface area contributed by atoms with Gasteiger partial charge in [0.2, 0.25) is 0 Å². The summed E-state index contributed by atoms with van der Waals surface area (Å²) < 4.78 is 5.25. The van der Waals surface area contributed by atoms with Crippen LogP contribution in [-0.4, -0.2) is 23.8 Å². The monoisotopic (exact) mass is 306 g/mol. The number of anilines is 1. The number of rotatable bonds is 6. The number of hydrogen-bond donors (Lipinski definition) is 2. The molecule has 1 amide bonds. The number of ether oxygens (including phenoxy) is 1. The standard InChI is InChI=1S/C18H30N2O2/c1-7-18(6,20-15-10-8-14(2)9-11-15)12-13-19-16(21)22-17(3,4)5/h8-11,20H,7,12-13H2,1-6H3,(H,19,21). The quantitative estimate of drug-likeness (QED) is 0.814. The summed E-state index contributed by atoms with van der Waals surface area (Å²) in [5, 5.41) is 6.39. The van der Waals surface area contributed by atoms with Crippen LogP contribution in [0.3, 0.4) is 0 Å². The van der Waals surface area contributed by atoms with Gasteiger partial charge in [-0.3, -0.25) is 0 Å². The topological polar surface area (TPSA) is 50.4 Å². The van der Waals surface area contributed by atoms with Crippen LogP contribution in [0.2, 0.25) is 0 Å². The van der Waals surface area contributed by atoms with Crippen LogP contribution in [0.5, 0.6) is 0 Å². The van der Waals surface area contributed by atoms with Gasteiger partial charge in [0.15, 0.2) is 0 Å². The molecular formula is C18H30N2O2. The van der Waals surface area contributed by atoms with Gasteiger partial charge in [-0.15, -0.1) is 0 Å². The molecule has 0 aliphatic heterocycles. The normalized spacial score (nSPS) is 14.1. The number of hydrogen-bond acceptors (Lipinski definition) is 3. The Morgan fingerprint density at radius 1 is 1.14 bits per heavy atom. The Hall–Kier alpha value is -1.71. The summed E-state index contributed by atoms with van der Waals surface area (Å²) in [6.07, 6.45) is 1.44. The summed E-state index contributed by atoms with van der Waals surface area (Å²) >= 11 is 0. The van der Waals surface area contributed by atoms with Crippen molar-refractivity contribution in [2.75, 3.05) is 11.9 Å². The molecule has 1 rings (SSSR count). The smallest absolute Gasteiger partial charge is 0.407 e. The highest BCUT2D eigenvalue weighted by molar-refractivity contribution is 5.67. The van der Waals surface area contributed by atoms with E-state index in [-0.39, 0.29) is 11.6 Å². The lowest BCUT2D eigenvalue weighted by molar-refractivity contribution is 0.0525. The molecule has 0 aliphatic carbocycles. The maximum absolute atomic E-state index is 11.7. The van der Waals surface area contributed by atoms with Crippen LogP contribution in [0.25, 0.3) is 0 Å². The molecule has 4 nitrogen and oxygen atoms in total. The highest BCUT2D eigenvalue weighted by Gasteiger charge is 2.22. The maximum Gasteiger partial charge on any atom is 0.407 e. The predicted octanol–water partition coefficient (Wildman–Crippen LogP) is 4.49. The summed E-state index contributed by atoms with van der Waals surface area (Å²) in [7, 11) is 0. The molecule has 0 spiro atoms. The van der Waals surface area contributed by atoms with Gasteiger partial charge < -0.3 is 15.4 Å². The second-order valence-corrected chi connectivity index (χ2v) is 7.08. The summed E-state index contributed by atoms with van der Waals surface area (Å²) in [5.74, 6) is 0. The zero-order valence-corrected chi connectivity index (χ0v) is 14.7. The van der Waals surface area contributed by atoms with Crippen LogP contribution in [-0.2, 0) is 4.74 Å². The van der Waals surface area contributed by atoms with Gasteiger partial charge in [0.1, 0.15) is 5.60 Å². The van der Waals surface area contributed by atoms with Crippen molar-refractivity contribution >= 4 is 11.8 Å². The molecule has 124 valence electrons. The van der Waals surface area contributed by atoms with E-state index in [2.05, 4.69) is 55.7 Å². The summed E-state index contributed by atoms with van der Waals surface area (Å²) in [5.41, 5.74) is 1.82. The molecule has 0 saturated carbocycles. The van der Waals surface area contributed by atoms with E-state index >= 15 is 0 Å². The molecule has 0 aromatic heterocycles. The van der Waals surface area contributed by atoms with E-state index in [1.807, 2.05) is 20.8 Å². The lowest BCUT2D eigenvalue weighted by atomic mass is 9.94. The first-order chi connectivity index (χ1) is 10.1. The predicted molar refractivity (Wildman–Crippen MR) is 92.4 cm³/mol. The largest absolute Gasteiger partial charge is 0.444 e. The van der Waals surface area contributed by atoms with Gasteiger partial charge in [0, 0.05) is 17.8 Å². The van der Waals surface area contributed by atoms with Crippen LogP contribution < -0.4 is 10.6 Å². The maximum atomic E-state index is 11.7. The lowest BCUT2D eigenvalue weighted by Crippen LogP contribution is -2.40. The Kier molecular flexibility index (Phi) is 6.27. The molecule has 0 radical (unpaired) electrons. The van der Waals surface area contributed by atoms with E-state index in [0.29, 0.717) is 6.54 Å². The average Bonchev–Trinajstić information content (AvgIpc) is 2.39. The van der Waals surface area contributed by atoms with Crippen LogP contribution in [0.4, 0.5) is 10.5 Å². The van der Waals surface area contributed by atoms with Crippen LogP contribution in [0, 0.1) is 6.92 Å². The number of amides is 1. The molecule has 4 heteroatoms. The van der Waals surface area contributed by atoms with Crippen molar-refractivity contribution in [3.8, 4) is 0 Å². The van der Waals surface area contributed by atoms with Crippen molar-refractivity contribution in [2.24, 2.45) is 0 Å². The fourth-order valence-corrected chi connectivity index (χ4v) is 2.07. The molecule has 0 saturated heterocycles. The number of benzene rings is 1. The Balaban J connectivity index is 2.49. The number of carbonyl (C=O) groups excluding carboxylic acids is 1. The van der Waals surface area contributed by atoms with Crippen molar-refractivity contribution in [2.45, 2.75) is 65.5 Å². The molecule has 0 fully saturated rings. The fraction of sp³-hybridized carbons (Fsp3) is 0.611. The van der Waals surface area contributed by atoms with Crippen molar-refractivity contribution in [3.05, 3.63) is 29.8 Å². The molecule has 0 heterocycles. The summed E-state index contributed by atoms with van der Waals surface area (Å²) in [4.78, 5) is 11.7. The third-order valence-corrected chi connectivity index (χ3v) is 3.62. The zero-order chi connectivity index (χ0) is 16.8. The Morgan fingerprint density at radius 3 is 2.23 bits per heavy atom. The van der Waals surface area contributed by atoms with E-state index in [1.54, 1.807) is 0 Å². The third kappa shape index (κ3) is 6.83. The van der Waals surface area contributed by atoms with Crippen molar-refractivity contribution in [3.63, 3.8) is 0 Å². The molecule has 1 atom stereocenters. The zero-order valence-electron chi connectivity index (χ0n) is 14.7. The molecular weight excluding hydrogens is 276 g/mol. The van der Waals surface area contributed by atoms with Crippen molar-refractivity contribution in [1.82, 2.24) is 5.32 Å². The Morgan fingerprint density at radius 2 is 1.73 bits per heavy atom. The highest BCUT2D eigenvalue weighted by atomic mass is 16.6. The number of carbonyl (C=O) groups is 1. The molecule has 1 aromatic rings. The Labute approximate surface area is 134 Å². The minimum absolute atomic E-state index is 0.0652. The number of alkyl carbamates (subject to hydrolysis) is 1.